The van der Waals surface area contributed by atoms with Gasteiger partial charge in [-0.05, 0) is 18.1 Å². The Morgan fingerprint density at radius 3 is 0.958 bits per heavy atom. The number of hydrogen-bond donors (Lipinski definition) is 3. The van der Waals surface area contributed by atoms with Gasteiger partial charge in [-0.25, -0.2) is 16.3 Å². The zero-order valence-corrected chi connectivity index (χ0v) is 23.8. The zero-order chi connectivity index (χ0) is 19.4. The summed E-state index contributed by atoms with van der Waals surface area (Å²) in [6, 6.07) is 3.90. The molecule has 0 fully saturated rings. The van der Waals surface area contributed by atoms with E-state index in [9.17, 15) is 0 Å². The van der Waals surface area contributed by atoms with Crippen LogP contribution in [0.3, 0.4) is 0 Å². The van der Waals surface area contributed by atoms with Gasteiger partial charge in [0.15, 0.2) is 0 Å². The van der Waals surface area contributed by atoms with Gasteiger partial charge in [-0.3, -0.25) is 0 Å². The van der Waals surface area contributed by atoms with Crippen LogP contribution in [0.15, 0.2) is 0 Å². The Morgan fingerprint density at radius 1 is 0.583 bits per heavy atom. The topological polar surface area (TPSA) is 56.4 Å². The van der Waals surface area contributed by atoms with Crippen molar-refractivity contribution in [1.29, 1.82) is 0 Å². The third kappa shape index (κ3) is 23.0. The molecule has 0 unspecified atom stereocenters. The molecule has 9 heteroatoms. The van der Waals surface area contributed by atoms with Gasteiger partial charge in [0.2, 0.25) is 0 Å². The van der Waals surface area contributed by atoms with Crippen LogP contribution in [-0.4, -0.2) is 49.1 Å². The molecule has 3 N–H and O–H groups in total. The van der Waals surface area contributed by atoms with Crippen LogP contribution in [0.25, 0.3) is 0 Å². The third-order valence-electron chi connectivity index (χ3n) is 3.43. The molecule has 24 heavy (non-hydrogen) atoms. The fourth-order valence-corrected chi connectivity index (χ4v) is 4.38. The van der Waals surface area contributed by atoms with Crippen molar-refractivity contribution in [3.8, 4) is 0 Å². The second-order valence-electron chi connectivity index (χ2n) is 9.99. The quantitative estimate of drug-likeness (QED) is 0.252. The van der Waals surface area contributed by atoms with Crippen LogP contribution in [0, 0.1) is 0 Å². The van der Waals surface area contributed by atoms with Crippen molar-refractivity contribution >= 4 is 24.2 Å². The number of nitrogens with one attached hydrogen (secondary N) is 3. The first kappa shape index (κ1) is 27.3. The monoisotopic (exact) mass is 559 g/mol. The summed E-state index contributed by atoms with van der Waals surface area (Å²) in [7, 11) is -2.93. The van der Waals surface area contributed by atoms with E-state index in [4.69, 9.17) is 3.25 Å². The van der Waals surface area contributed by atoms with Crippen LogP contribution >= 0.6 is 0 Å². The Balaban J connectivity index is 0. The number of hydrazine groups is 3. The summed E-state index contributed by atoms with van der Waals surface area (Å²) >= 11 is 0.194. The van der Waals surface area contributed by atoms with Crippen LogP contribution in [0.5, 0.6) is 0 Å². The number of nitrogens with zero attached hydrogens (tertiary/aromatic N) is 1. The minimum absolute atomic E-state index is 0.194. The van der Waals surface area contributed by atoms with E-state index >= 15 is 0 Å². The molecule has 0 saturated carbocycles. The molecule has 0 spiro atoms. The van der Waals surface area contributed by atoms with Crippen molar-refractivity contribution in [1.82, 2.24) is 21.5 Å². The molecule has 0 aliphatic rings. The SMILES string of the molecule is C[Si](C)(C)CCNN(NCC[Si](C)(C)C)NCC[Si](C)(C)C.[O]=[Ta]. The predicted octanol–water partition coefficient (Wildman–Crippen LogP) is 3.70. The average molecular weight is 560 g/mol. The minimum atomic E-state index is -0.977. The summed E-state index contributed by atoms with van der Waals surface area (Å²) in [5.41, 5.74) is 10.6. The van der Waals surface area contributed by atoms with E-state index in [0.717, 1.165) is 19.6 Å². The summed E-state index contributed by atoms with van der Waals surface area (Å²) in [6.45, 7) is 25.0. The van der Waals surface area contributed by atoms with Crippen LogP contribution in [0.4, 0.5) is 0 Å². The molecule has 0 radical (unpaired) electrons. The summed E-state index contributed by atoms with van der Waals surface area (Å²) in [6.07, 6.45) is 0. The molecule has 0 saturated heterocycles. The Labute approximate surface area is 166 Å². The van der Waals surface area contributed by atoms with Crippen LogP contribution < -0.4 is 16.3 Å². The summed E-state index contributed by atoms with van der Waals surface area (Å²) in [4.78, 5) is 0. The van der Waals surface area contributed by atoms with Crippen LogP contribution in [0.2, 0.25) is 77.1 Å². The molecule has 5 nitrogen and oxygen atoms in total. The van der Waals surface area contributed by atoms with Crippen molar-refractivity contribution in [3.05, 3.63) is 0 Å². The first-order chi connectivity index (χ1) is 10.8. The van der Waals surface area contributed by atoms with E-state index in [2.05, 4.69) is 75.2 Å². The maximum absolute atomic E-state index is 8.36. The standard InChI is InChI=1S/C15H42N4Si3.O.Ta/c1-20(2,3)13-10-16-19(17-11-14-21(4,5)6)18-12-15-22(7,8)9;;/h16-18H,10-15H2,1-9H3;;. The molecule has 0 amide bonds. The summed E-state index contributed by atoms with van der Waals surface area (Å²) < 4.78 is 8.36. The van der Waals surface area contributed by atoms with Gasteiger partial charge in [0.1, 0.15) is 0 Å². The van der Waals surface area contributed by atoms with Crippen molar-refractivity contribution in [2.24, 2.45) is 0 Å². The third-order valence-corrected chi connectivity index (χ3v) is 8.68. The zero-order valence-electron chi connectivity index (χ0n) is 17.5. The molecule has 0 aromatic heterocycles. The Bertz CT molecular complexity index is 270. The molecular formula is C15H42N4OSi3Ta. The molecule has 0 atom stereocenters. The van der Waals surface area contributed by atoms with Gasteiger partial charge in [0, 0.05) is 43.9 Å². The van der Waals surface area contributed by atoms with E-state index in [-0.39, 0.29) is 21.0 Å². The summed E-state index contributed by atoms with van der Waals surface area (Å²) in [5.74, 6) is 0. The Kier molecular flexibility index (Phi) is 15.0. The number of hydrogen-bond acceptors (Lipinski definition) is 5. The van der Waals surface area contributed by atoms with Gasteiger partial charge in [-0.15, -0.1) is 5.23 Å². The van der Waals surface area contributed by atoms with Gasteiger partial charge >= 0.3 is 24.3 Å². The van der Waals surface area contributed by atoms with Gasteiger partial charge in [-0.1, -0.05) is 58.9 Å². The molecule has 0 bridgehead atoms. The second kappa shape index (κ2) is 13.2. The first-order valence-corrected chi connectivity index (χ1v) is 21.4. The molecule has 0 heterocycles. The van der Waals surface area contributed by atoms with Crippen LogP contribution in [-0.2, 0) is 24.3 Å². The van der Waals surface area contributed by atoms with Crippen molar-refractivity contribution in [2.75, 3.05) is 19.6 Å². The molecular weight excluding hydrogens is 517 g/mol. The molecule has 0 aromatic rings. The predicted molar refractivity (Wildman–Crippen MR) is 111 cm³/mol. The van der Waals surface area contributed by atoms with Crippen molar-refractivity contribution < 1.29 is 24.3 Å². The fraction of sp³-hybridized carbons (Fsp3) is 1.00. The van der Waals surface area contributed by atoms with Gasteiger partial charge in [0.05, 0.1) is 0 Å². The second-order valence-corrected chi connectivity index (χ2v) is 26.9. The molecule has 0 rings (SSSR count). The van der Waals surface area contributed by atoms with Gasteiger partial charge in [0.25, 0.3) is 0 Å². The van der Waals surface area contributed by atoms with Crippen molar-refractivity contribution in [3.63, 3.8) is 0 Å². The Hall–Kier alpha value is 1.03. The van der Waals surface area contributed by atoms with Crippen LogP contribution in [0.1, 0.15) is 0 Å². The van der Waals surface area contributed by atoms with E-state index in [1.807, 2.05) is 5.23 Å². The van der Waals surface area contributed by atoms with E-state index in [0.29, 0.717) is 0 Å². The summed E-state index contributed by atoms with van der Waals surface area (Å²) in [5, 5.41) is 2.04. The van der Waals surface area contributed by atoms with Gasteiger partial charge in [-0.2, -0.15) is 0 Å². The molecule has 0 aliphatic heterocycles. The van der Waals surface area contributed by atoms with E-state index in [1.165, 1.54) is 18.1 Å². The van der Waals surface area contributed by atoms with E-state index in [1.54, 1.807) is 0 Å². The molecule has 0 aromatic carbocycles. The molecule has 145 valence electrons. The normalized spacial score (nSPS) is 12.9. The fourth-order valence-electron chi connectivity index (χ4n) is 1.80. The maximum atomic E-state index is 8.36. The Morgan fingerprint density at radius 2 is 0.792 bits per heavy atom. The number of rotatable bonds is 12. The molecule has 0 aliphatic carbocycles. The van der Waals surface area contributed by atoms with Gasteiger partial charge < -0.3 is 0 Å². The van der Waals surface area contributed by atoms with Crippen molar-refractivity contribution in [2.45, 2.75) is 77.1 Å². The first-order valence-electron chi connectivity index (χ1n) is 8.97. The average Bonchev–Trinajstić information content (AvgIpc) is 2.36. The van der Waals surface area contributed by atoms with E-state index < -0.39 is 24.2 Å².